The minimum Gasteiger partial charge on any atom is -0.504 e. The van der Waals surface area contributed by atoms with Crippen molar-refractivity contribution in [1.82, 2.24) is 5.32 Å². The zero-order valence-corrected chi connectivity index (χ0v) is 12.0. The van der Waals surface area contributed by atoms with Crippen molar-refractivity contribution < 1.29 is 19.4 Å². The average molecular weight is 290 g/mol. The number of phenols is 1. The number of carbonyl (C=O) groups excluding carboxylic acids is 1. The number of hydrogen-bond donors (Lipinski definition) is 2. The fourth-order valence-electron chi connectivity index (χ4n) is 1.59. The lowest BCUT2D eigenvalue weighted by atomic mass is 10.1. The van der Waals surface area contributed by atoms with E-state index in [1.807, 2.05) is 6.07 Å². The van der Waals surface area contributed by atoms with Gasteiger partial charge in [0.25, 0.3) is 5.91 Å². The standard InChI is InChI=1S/C15H18N2O4/c1-3-21-13-6-4-5-11(14(13)18)9-12(10-16)15(19)17-7-8-20-2/h4-6,9,18H,3,7-8H2,1-2H3,(H,17,19). The molecule has 0 heterocycles. The Morgan fingerprint density at radius 1 is 1.52 bits per heavy atom. The molecule has 0 aliphatic rings. The van der Waals surface area contributed by atoms with Crippen molar-refractivity contribution in [2.45, 2.75) is 6.92 Å². The highest BCUT2D eigenvalue weighted by Gasteiger charge is 2.11. The summed E-state index contributed by atoms with van der Waals surface area (Å²) < 4.78 is 10.1. The molecule has 1 amide bonds. The van der Waals surface area contributed by atoms with E-state index < -0.39 is 5.91 Å². The summed E-state index contributed by atoms with van der Waals surface area (Å²) in [6.07, 6.45) is 1.32. The highest BCUT2D eigenvalue weighted by molar-refractivity contribution is 6.02. The molecule has 0 aliphatic heterocycles. The molecule has 2 N–H and O–H groups in total. The fraction of sp³-hybridized carbons (Fsp3) is 0.333. The van der Waals surface area contributed by atoms with Crippen LogP contribution in [0.15, 0.2) is 23.8 Å². The molecule has 0 bridgehead atoms. The van der Waals surface area contributed by atoms with Crippen LogP contribution >= 0.6 is 0 Å². The van der Waals surface area contributed by atoms with Gasteiger partial charge in [0, 0.05) is 19.2 Å². The number of hydrogen-bond acceptors (Lipinski definition) is 5. The Hall–Kier alpha value is -2.52. The van der Waals surface area contributed by atoms with Crippen molar-refractivity contribution in [1.29, 1.82) is 5.26 Å². The largest absolute Gasteiger partial charge is 0.504 e. The Balaban J connectivity index is 2.95. The van der Waals surface area contributed by atoms with Crippen LogP contribution in [0.2, 0.25) is 0 Å². The van der Waals surface area contributed by atoms with Crippen LogP contribution in [0.3, 0.4) is 0 Å². The maximum absolute atomic E-state index is 11.8. The first kappa shape index (κ1) is 16.5. The van der Waals surface area contributed by atoms with Gasteiger partial charge in [0.1, 0.15) is 11.6 Å². The molecule has 0 atom stereocenters. The summed E-state index contributed by atoms with van der Waals surface area (Å²) in [4.78, 5) is 11.8. The van der Waals surface area contributed by atoms with Gasteiger partial charge >= 0.3 is 0 Å². The lowest BCUT2D eigenvalue weighted by Gasteiger charge is -2.08. The summed E-state index contributed by atoms with van der Waals surface area (Å²) in [6, 6.07) is 6.69. The fourth-order valence-corrected chi connectivity index (χ4v) is 1.59. The number of para-hydroxylation sites is 1. The molecule has 0 unspecified atom stereocenters. The lowest BCUT2D eigenvalue weighted by Crippen LogP contribution is -2.27. The molecule has 112 valence electrons. The molecule has 1 aromatic carbocycles. The van der Waals surface area contributed by atoms with E-state index >= 15 is 0 Å². The van der Waals surface area contributed by atoms with E-state index in [2.05, 4.69) is 5.32 Å². The second-order valence-corrected chi connectivity index (χ2v) is 4.05. The Labute approximate surface area is 123 Å². The molecule has 0 saturated carbocycles. The van der Waals surface area contributed by atoms with E-state index in [1.54, 1.807) is 25.1 Å². The van der Waals surface area contributed by atoms with Crippen LogP contribution in [0, 0.1) is 11.3 Å². The molecule has 6 heteroatoms. The van der Waals surface area contributed by atoms with E-state index in [4.69, 9.17) is 14.7 Å². The van der Waals surface area contributed by atoms with Crippen molar-refractivity contribution >= 4 is 12.0 Å². The van der Waals surface area contributed by atoms with Gasteiger partial charge in [-0.05, 0) is 19.1 Å². The molecule has 0 aliphatic carbocycles. The van der Waals surface area contributed by atoms with Gasteiger partial charge in [-0.25, -0.2) is 0 Å². The van der Waals surface area contributed by atoms with Crippen LogP contribution in [0.5, 0.6) is 11.5 Å². The van der Waals surface area contributed by atoms with Crippen molar-refractivity contribution in [2.24, 2.45) is 0 Å². The summed E-state index contributed by atoms with van der Waals surface area (Å²) in [6.45, 7) is 2.87. The molecule has 1 rings (SSSR count). The third-order valence-corrected chi connectivity index (χ3v) is 2.59. The summed E-state index contributed by atoms with van der Waals surface area (Å²) in [5.41, 5.74) is 0.245. The number of phenolic OH excluding ortho intramolecular Hbond substituents is 1. The summed E-state index contributed by atoms with van der Waals surface area (Å²) in [5.74, 6) is -0.309. The third kappa shape index (κ3) is 4.82. The van der Waals surface area contributed by atoms with Crippen molar-refractivity contribution in [3.8, 4) is 17.6 Å². The maximum atomic E-state index is 11.8. The number of carbonyl (C=O) groups is 1. The Kier molecular flexibility index (Phi) is 6.78. The number of nitriles is 1. The number of benzene rings is 1. The number of nitrogens with zero attached hydrogens (tertiary/aromatic N) is 1. The predicted molar refractivity (Wildman–Crippen MR) is 77.8 cm³/mol. The highest BCUT2D eigenvalue weighted by Crippen LogP contribution is 2.31. The molecular weight excluding hydrogens is 272 g/mol. The number of methoxy groups -OCH3 is 1. The Morgan fingerprint density at radius 2 is 2.29 bits per heavy atom. The lowest BCUT2D eigenvalue weighted by molar-refractivity contribution is -0.117. The van der Waals surface area contributed by atoms with Crippen LogP contribution in [0.25, 0.3) is 6.08 Å². The SMILES string of the molecule is CCOc1cccc(C=C(C#N)C(=O)NCCOC)c1O. The van der Waals surface area contributed by atoms with Gasteiger partial charge in [0.05, 0.1) is 13.2 Å². The minimum absolute atomic E-state index is 0.100. The normalized spacial score (nSPS) is 10.8. The van der Waals surface area contributed by atoms with E-state index in [0.717, 1.165) is 0 Å². The molecule has 0 spiro atoms. The first-order valence-electron chi connectivity index (χ1n) is 6.47. The monoisotopic (exact) mass is 290 g/mol. The second-order valence-electron chi connectivity index (χ2n) is 4.05. The van der Waals surface area contributed by atoms with Gasteiger partial charge < -0.3 is 19.9 Å². The number of amides is 1. The van der Waals surface area contributed by atoms with Gasteiger partial charge in [-0.2, -0.15) is 5.26 Å². The highest BCUT2D eigenvalue weighted by atomic mass is 16.5. The Morgan fingerprint density at radius 3 is 2.90 bits per heavy atom. The van der Waals surface area contributed by atoms with Gasteiger partial charge in [-0.3, -0.25) is 4.79 Å². The van der Waals surface area contributed by atoms with Crippen molar-refractivity contribution in [2.75, 3.05) is 26.9 Å². The summed E-state index contributed by atoms with van der Waals surface area (Å²) >= 11 is 0. The molecule has 0 fully saturated rings. The van der Waals surface area contributed by atoms with Crippen LogP contribution in [-0.2, 0) is 9.53 Å². The first-order valence-corrected chi connectivity index (χ1v) is 6.47. The smallest absolute Gasteiger partial charge is 0.262 e. The number of aromatic hydroxyl groups is 1. The van der Waals surface area contributed by atoms with Gasteiger partial charge in [0.15, 0.2) is 11.5 Å². The van der Waals surface area contributed by atoms with Crippen molar-refractivity contribution in [3.63, 3.8) is 0 Å². The van der Waals surface area contributed by atoms with Crippen LogP contribution in [0.1, 0.15) is 12.5 Å². The molecule has 0 aromatic heterocycles. The minimum atomic E-state index is -0.518. The zero-order chi connectivity index (χ0) is 15.7. The zero-order valence-electron chi connectivity index (χ0n) is 12.0. The number of nitrogens with one attached hydrogen (secondary N) is 1. The van der Waals surface area contributed by atoms with Crippen LogP contribution in [-0.4, -0.2) is 37.9 Å². The second kappa shape index (κ2) is 8.61. The molecular formula is C15H18N2O4. The van der Waals surface area contributed by atoms with E-state index in [9.17, 15) is 9.90 Å². The topological polar surface area (TPSA) is 91.6 Å². The quantitative estimate of drug-likeness (QED) is 0.450. The van der Waals surface area contributed by atoms with Crippen molar-refractivity contribution in [3.05, 3.63) is 29.3 Å². The Bertz CT molecular complexity index is 561. The van der Waals surface area contributed by atoms with Gasteiger partial charge in [-0.1, -0.05) is 12.1 Å². The predicted octanol–water partition coefficient (Wildman–Crippen LogP) is 1.46. The molecule has 0 radical (unpaired) electrons. The number of rotatable bonds is 7. The molecule has 1 aromatic rings. The molecule has 6 nitrogen and oxygen atoms in total. The van der Waals surface area contributed by atoms with E-state index in [-0.39, 0.29) is 11.3 Å². The van der Waals surface area contributed by atoms with Gasteiger partial charge in [0.2, 0.25) is 0 Å². The molecule has 21 heavy (non-hydrogen) atoms. The van der Waals surface area contributed by atoms with E-state index in [1.165, 1.54) is 13.2 Å². The average Bonchev–Trinajstić information content (AvgIpc) is 2.48. The van der Waals surface area contributed by atoms with E-state index in [0.29, 0.717) is 31.1 Å². The third-order valence-electron chi connectivity index (χ3n) is 2.59. The van der Waals surface area contributed by atoms with Gasteiger partial charge in [-0.15, -0.1) is 0 Å². The maximum Gasteiger partial charge on any atom is 0.262 e. The summed E-state index contributed by atoms with van der Waals surface area (Å²) in [5, 5.41) is 21.6. The number of ether oxygens (including phenoxy) is 2. The van der Waals surface area contributed by atoms with Crippen LogP contribution < -0.4 is 10.1 Å². The molecule has 0 saturated heterocycles. The summed E-state index contributed by atoms with van der Waals surface area (Å²) in [7, 11) is 1.52. The first-order chi connectivity index (χ1) is 10.1. The van der Waals surface area contributed by atoms with Crippen LogP contribution in [0.4, 0.5) is 0 Å².